The minimum atomic E-state index is -4.23. The fourth-order valence-electron chi connectivity index (χ4n) is 3.36. The minimum Gasteiger partial charge on any atom is -0.443 e. The molecule has 2 rings (SSSR count). The van der Waals surface area contributed by atoms with Crippen LogP contribution in [0.3, 0.4) is 0 Å². The third-order valence-corrected chi connectivity index (χ3v) is 6.72. The van der Waals surface area contributed by atoms with Crippen LogP contribution in [0.4, 0.5) is 18.4 Å². The first kappa shape index (κ1) is 29.2. The molecule has 1 aliphatic rings. The topological polar surface area (TPSA) is 106 Å². The molecule has 0 unspecified atom stereocenters. The van der Waals surface area contributed by atoms with E-state index < -0.39 is 62.3 Å². The Morgan fingerprint density at radius 1 is 1.11 bits per heavy atom. The number of aliphatic imine (C=N–C) groups is 1. The number of sulfonamides is 1. The van der Waals surface area contributed by atoms with Crippen molar-refractivity contribution in [3.63, 3.8) is 0 Å². The third-order valence-electron chi connectivity index (χ3n) is 4.80. The van der Waals surface area contributed by atoms with Crippen molar-refractivity contribution in [2.24, 2.45) is 4.99 Å². The number of carbonyl (C=O) groups excluding carboxylic acids is 2. The lowest BCUT2D eigenvalue weighted by atomic mass is 9.92. The molecule has 1 aliphatic heterocycles. The number of benzene rings is 1. The number of allylic oxidation sites excluding steroid dienone is 1. The summed E-state index contributed by atoms with van der Waals surface area (Å²) in [4.78, 5) is 31.0. The molecule has 200 valence electrons. The summed E-state index contributed by atoms with van der Waals surface area (Å²) in [5, 5.41) is 0. The maximum atomic E-state index is 15.0. The maximum absolute atomic E-state index is 15.0. The number of carbonyl (C=O) groups is 2. The van der Waals surface area contributed by atoms with Gasteiger partial charge in [-0.1, -0.05) is 6.07 Å². The van der Waals surface area contributed by atoms with Crippen molar-refractivity contribution in [1.82, 2.24) is 9.21 Å². The van der Waals surface area contributed by atoms with Crippen molar-refractivity contribution in [2.75, 3.05) is 12.8 Å². The van der Waals surface area contributed by atoms with Gasteiger partial charge in [0.25, 0.3) is 0 Å². The Bertz CT molecular complexity index is 1180. The second-order valence-corrected chi connectivity index (χ2v) is 12.7. The number of rotatable bonds is 2. The normalized spacial score (nSPS) is 20.5. The van der Waals surface area contributed by atoms with Crippen molar-refractivity contribution in [3.8, 4) is 0 Å². The number of hydrogen-bond acceptors (Lipinski definition) is 7. The second-order valence-electron chi connectivity index (χ2n) is 10.7. The number of imide groups is 1. The molecule has 12 heteroatoms. The van der Waals surface area contributed by atoms with Crippen molar-refractivity contribution >= 4 is 34.2 Å². The van der Waals surface area contributed by atoms with Crippen LogP contribution in [-0.2, 0) is 25.0 Å². The standard InChI is InChI=1S/C24H33F2N3O6S/c1-15(25)12-16-10-11-18(26)17(13-16)24(8)14-36(32,33)28(9)19(27-24)29(20(30)34-22(2,3)4)21(31)35-23(5,6)7/h10-13H,14H2,1-9H3/b15-12-/t24-/m0/s1. The zero-order valence-corrected chi connectivity index (χ0v) is 22.8. The summed E-state index contributed by atoms with van der Waals surface area (Å²) in [6.45, 7) is 11.9. The summed E-state index contributed by atoms with van der Waals surface area (Å²) in [6, 6.07) is 3.66. The van der Waals surface area contributed by atoms with E-state index in [1.807, 2.05) is 0 Å². The maximum Gasteiger partial charge on any atom is 0.427 e. The summed E-state index contributed by atoms with van der Waals surface area (Å²) in [5.41, 5.74) is -3.78. The Labute approximate surface area is 210 Å². The first-order valence-electron chi connectivity index (χ1n) is 11.1. The average Bonchev–Trinajstić information content (AvgIpc) is 2.63. The fourth-order valence-corrected chi connectivity index (χ4v) is 4.85. The summed E-state index contributed by atoms with van der Waals surface area (Å²) >= 11 is 0. The number of nitrogens with zero attached hydrogens (tertiary/aromatic N) is 3. The van der Waals surface area contributed by atoms with E-state index in [1.54, 1.807) is 41.5 Å². The lowest BCUT2D eigenvalue weighted by Gasteiger charge is -2.39. The van der Waals surface area contributed by atoms with E-state index in [4.69, 9.17) is 9.47 Å². The van der Waals surface area contributed by atoms with E-state index in [0.717, 1.165) is 19.2 Å². The van der Waals surface area contributed by atoms with E-state index in [2.05, 4.69) is 4.99 Å². The van der Waals surface area contributed by atoms with Gasteiger partial charge < -0.3 is 9.47 Å². The van der Waals surface area contributed by atoms with Gasteiger partial charge >= 0.3 is 12.2 Å². The number of ether oxygens (including phenoxy) is 2. The predicted octanol–water partition coefficient (Wildman–Crippen LogP) is 5.17. The van der Waals surface area contributed by atoms with Gasteiger partial charge in [0, 0.05) is 12.6 Å². The summed E-state index contributed by atoms with van der Waals surface area (Å²) in [7, 11) is -3.12. The molecule has 1 aromatic carbocycles. The Kier molecular flexibility index (Phi) is 7.95. The Morgan fingerprint density at radius 3 is 2.06 bits per heavy atom. The van der Waals surface area contributed by atoms with Crippen LogP contribution in [0, 0.1) is 5.82 Å². The Hall–Kier alpha value is -3.02. The van der Waals surface area contributed by atoms with Crippen LogP contribution in [0.2, 0.25) is 0 Å². The molecule has 0 N–H and O–H groups in total. The zero-order chi connectivity index (χ0) is 27.9. The van der Waals surface area contributed by atoms with Gasteiger partial charge in [-0.3, -0.25) is 0 Å². The van der Waals surface area contributed by atoms with Gasteiger partial charge in [0.2, 0.25) is 16.0 Å². The third kappa shape index (κ3) is 7.02. The first-order chi connectivity index (χ1) is 16.2. The molecule has 0 aliphatic carbocycles. The molecule has 0 spiro atoms. The highest BCUT2D eigenvalue weighted by molar-refractivity contribution is 7.89. The lowest BCUT2D eigenvalue weighted by molar-refractivity contribution is 0.0133. The lowest BCUT2D eigenvalue weighted by Crippen LogP contribution is -2.58. The van der Waals surface area contributed by atoms with Crippen LogP contribution in [0.5, 0.6) is 0 Å². The smallest absolute Gasteiger partial charge is 0.427 e. The number of guanidine groups is 1. The molecule has 0 radical (unpaired) electrons. The summed E-state index contributed by atoms with van der Waals surface area (Å²) in [5.74, 6) is -2.65. The quantitative estimate of drug-likeness (QED) is 0.523. The van der Waals surface area contributed by atoms with Gasteiger partial charge in [-0.05, 0) is 79.2 Å². The molecule has 0 bridgehead atoms. The van der Waals surface area contributed by atoms with E-state index in [-0.39, 0.29) is 11.1 Å². The molecule has 2 amide bonds. The SMILES string of the molecule is C/C(F)=C/c1ccc(F)c([C@]2(C)CS(=O)(=O)N(C)C(N(C(=O)OC(C)(C)C)C(=O)OC(C)(C)C)=N2)c1. The summed E-state index contributed by atoms with van der Waals surface area (Å²) < 4.78 is 66.2. The van der Waals surface area contributed by atoms with Gasteiger partial charge in [-0.2, -0.15) is 0 Å². The van der Waals surface area contributed by atoms with Gasteiger partial charge in [0.15, 0.2) is 0 Å². The summed E-state index contributed by atoms with van der Waals surface area (Å²) in [6.07, 6.45) is -1.31. The van der Waals surface area contributed by atoms with Crippen LogP contribution in [0.1, 0.15) is 66.5 Å². The predicted molar refractivity (Wildman–Crippen MR) is 132 cm³/mol. The molecule has 0 saturated carbocycles. The van der Waals surface area contributed by atoms with E-state index in [0.29, 0.717) is 9.21 Å². The first-order valence-corrected chi connectivity index (χ1v) is 12.7. The highest BCUT2D eigenvalue weighted by Gasteiger charge is 2.48. The van der Waals surface area contributed by atoms with Gasteiger partial charge in [-0.25, -0.2) is 36.1 Å². The van der Waals surface area contributed by atoms with E-state index in [1.165, 1.54) is 26.0 Å². The second kappa shape index (κ2) is 9.79. The van der Waals surface area contributed by atoms with Gasteiger partial charge in [-0.15, -0.1) is 4.90 Å². The van der Waals surface area contributed by atoms with Crippen LogP contribution in [-0.4, -0.2) is 59.8 Å². The van der Waals surface area contributed by atoms with Crippen molar-refractivity contribution in [1.29, 1.82) is 0 Å². The van der Waals surface area contributed by atoms with Crippen molar-refractivity contribution in [3.05, 3.63) is 41.0 Å². The van der Waals surface area contributed by atoms with Crippen molar-refractivity contribution in [2.45, 2.75) is 72.1 Å². The minimum absolute atomic E-state index is 0.167. The molecule has 1 heterocycles. The number of halogens is 2. The van der Waals surface area contributed by atoms with Crippen LogP contribution < -0.4 is 0 Å². The Morgan fingerprint density at radius 2 is 1.61 bits per heavy atom. The molecule has 9 nitrogen and oxygen atoms in total. The van der Waals surface area contributed by atoms with Gasteiger partial charge in [0.05, 0.1) is 11.6 Å². The molecule has 0 fully saturated rings. The Balaban J connectivity index is 2.80. The van der Waals surface area contributed by atoms with E-state index in [9.17, 15) is 26.8 Å². The van der Waals surface area contributed by atoms with E-state index >= 15 is 0 Å². The highest BCUT2D eigenvalue weighted by atomic mass is 32.2. The molecule has 0 saturated heterocycles. The highest BCUT2D eigenvalue weighted by Crippen LogP contribution is 2.36. The van der Waals surface area contributed by atoms with Crippen molar-refractivity contribution < 1.29 is 36.3 Å². The zero-order valence-electron chi connectivity index (χ0n) is 22.0. The monoisotopic (exact) mass is 529 g/mol. The molecule has 1 atom stereocenters. The molecule has 36 heavy (non-hydrogen) atoms. The fraction of sp³-hybridized carbons (Fsp3) is 0.542. The van der Waals surface area contributed by atoms with Crippen LogP contribution in [0.25, 0.3) is 6.08 Å². The number of hydrogen-bond donors (Lipinski definition) is 0. The molecular weight excluding hydrogens is 496 g/mol. The van der Waals surface area contributed by atoms with Crippen LogP contribution >= 0.6 is 0 Å². The molecular formula is C24H33F2N3O6S. The number of amides is 2. The van der Waals surface area contributed by atoms with Gasteiger partial charge in [0.1, 0.15) is 22.6 Å². The molecule has 1 aromatic rings. The largest absolute Gasteiger partial charge is 0.443 e. The molecule has 0 aromatic heterocycles. The van der Waals surface area contributed by atoms with Crippen LogP contribution in [0.15, 0.2) is 29.0 Å². The average molecular weight is 530 g/mol.